The normalized spacial score (nSPS) is 24.5. The maximum atomic E-state index is 13.0. The van der Waals surface area contributed by atoms with Crippen molar-refractivity contribution in [1.29, 1.82) is 0 Å². The second-order valence-corrected chi connectivity index (χ2v) is 7.82. The van der Waals surface area contributed by atoms with Crippen molar-refractivity contribution in [1.82, 2.24) is 10.4 Å². The molecule has 3 atom stereocenters. The number of H-pyrrole nitrogens is 1. The first-order valence-electron chi connectivity index (χ1n) is 8.44. The summed E-state index contributed by atoms with van der Waals surface area (Å²) in [7, 11) is 0. The number of rotatable bonds is 4. The van der Waals surface area contributed by atoms with Crippen molar-refractivity contribution in [2.24, 2.45) is 16.9 Å². The molecular formula is C19H20BrN3O2. The predicted octanol–water partition coefficient (Wildman–Crippen LogP) is 4.21. The highest BCUT2D eigenvalue weighted by Crippen LogP contribution is 2.42. The summed E-state index contributed by atoms with van der Waals surface area (Å²) in [5.74, 6) is 1.86. The molecule has 130 valence electrons. The fourth-order valence-electron chi connectivity index (χ4n) is 3.41. The number of aromatic amines is 1. The highest BCUT2D eigenvalue weighted by Gasteiger charge is 2.42. The number of nitrogens with one attached hydrogen (secondary N) is 2. The van der Waals surface area contributed by atoms with Gasteiger partial charge in [0.1, 0.15) is 0 Å². The van der Waals surface area contributed by atoms with Gasteiger partial charge in [-0.3, -0.25) is 10.2 Å². The van der Waals surface area contributed by atoms with Crippen LogP contribution in [-0.2, 0) is 4.74 Å². The molecule has 1 fully saturated rings. The number of aromatic nitrogens is 1. The Bertz CT molecular complexity index is 887. The van der Waals surface area contributed by atoms with Gasteiger partial charge in [0.2, 0.25) is 12.1 Å². The van der Waals surface area contributed by atoms with Gasteiger partial charge >= 0.3 is 0 Å². The van der Waals surface area contributed by atoms with Crippen LogP contribution in [0.15, 0.2) is 33.8 Å². The molecule has 1 aromatic carbocycles. The van der Waals surface area contributed by atoms with E-state index < -0.39 is 0 Å². The fraction of sp³-hybridized carbons (Fsp3) is 0.368. The molecule has 1 saturated carbocycles. The smallest absolute Gasteiger partial charge is 0.227 e. The molecule has 1 aliphatic carbocycles. The number of hydrogen-bond acceptors (Lipinski definition) is 4. The lowest BCUT2D eigenvalue weighted by molar-refractivity contribution is 0.103. The summed E-state index contributed by atoms with van der Waals surface area (Å²) >= 11 is 3.42. The van der Waals surface area contributed by atoms with Gasteiger partial charge in [-0.1, -0.05) is 35.0 Å². The van der Waals surface area contributed by atoms with Gasteiger partial charge < -0.3 is 9.72 Å². The highest BCUT2D eigenvalue weighted by molar-refractivity contribution is 9.10. The molecule has 2 heterocycles. The second-order valence-electron chi connectivity index (χ2n) is 6.90. The van der Waals surface area contributed by atoms with E-state index in [9.17, 15) is 4.79 Å². The zero-order valence-corrected chi connectivity index (χ0v) is 16.0. The van der Waals surface area contributed by atoms with E-state index in [-0.39, 0.29) is 12.0 Å². The van der Waals surface area contributed by atoms with Gasteiger partial charge in [0.15, 0.2) is 5.78 Å². The summed E-state index contributed by atoms with van der Waals surface area (Å²) in [4.78, 5) is 16.3. The number of carbonyl (C=O) groups excluding carboxylic acids is 1. The molecule has 3 unspecified atom stereocenters. The summed E-state index contributed by atoms with van der Waals surface area (Å²) in [6, 6.07) is 7.45. The van der Waals surface area contributed by atoms with Gasteiger partial charge in [-0.2, -0.15) is 0 Å². The van der Waals surface area contributed by atoms with E-state index in [1.54, 1.807) is 0 Å². The van der Waals surface area contributed by atoms with E-state index in [2.05, 4.69) is 38.4 Å². The Labute approximate surface area is 155 Å². The van der Waals surface area contributed by atoms with Gasteiger partial charge in [0.25, 0.3) is 0 Å². The summed E-state index contributed by atoms with van der Waals surface area (Å²) in [5.41, 5.74) is 7.02. The molecule has 0 amide bonds. The number of carbonyl (C=O) groups is 1. The molecule has 5 nitrogen and oxygen atoms in total. The molecule has 2 aliphatic rings. The summed E-state index contributed by atoms with van der Waals surface area (Å²) in [6.45, 7) is 6.07. The van der Waals surface area contributed by atoms with Crippen molar-refractivity contribution >= 4 is 27.6 Å². The van der Waals surface area contributed by atoms with E-state index in [1.165, 1.54) is 0 Å². The van der Waals surface area contributed by atoms with Crippen molar-refractivity contribution in [3.63, 3.8) is 0 Å². The van der Waals surface area contributed by atoms with Crippen LogP contribution in [0.2, 0.25) is 0 Å². The van der Waals surface area contributed by atoms with Crippen molar-refractivity contribution in [2.75, 3.05) is 0 Å². The van der Waals surface area contributed by atoms with Gasteiger partial charge in [-0.05, 0) is 43.9 Å². The Balaban J connectivity index is 1.60. The van der Waals surface area contributed by atoms with Crippen molar-refractivity contribution in [3.8, 4) is 0 Å². The molecule has 1 aromatic heterocycles. The third-order valence-electron chi connectivity index (χ3n) is 5.01. The van der Waals surface area contributed by atoms with Crippen LogP contribution in [0.4, 0.5) is 0 Å². The number of hydrazone groups is 1. The Morgan fingerprint density at radius 1 is 1.36 bits per heavy atom. The maximum Gasteiger partial charge on any atom is 0.227 e. The molecular weight excluding hydrogens is 382 g/mol. The van der Waals surface area contributed by atoms with E-state index in [0.29, 0.717) is 23.0 Å². The Kier molecular flexibility index (Phi) is 3.95. The van der Waals surface area contributed by atoms with E-state index in [0.717, 1.165) is 33.7 Å². The number of aryl methyl sites for hydroxylation is 1. The predicted molar refractivity (Wildman–Crippen MR) is 99.5 cm³/mol. The van der Waals surface area contributed by atoms with Crippen LogP contribution in [0.5, 0.6) is 0 Å². The van der Waals surface area contributed by atoms with Crippen molar-refractivity contribution in [2.45, 2.75) is 33.4 Å². The average molecular weight is 402 g/mol. The zero-order chi connectivity index (χ0) is 17.7. The SMILES string of the molecule is Cc1[nH]c(C2NN=C(C3CC3C)O2)c(C)c1C(=O)c1cccc(Br)c1. The standard InChI is InChI=1S/C19H20BrN3O2/c1-9-7-14(9)18-22-23-19(25-18)16-10(2)15(11(3)21-16)17(24)12-5-4-6-13(20)8-12/h4-6,8-9,14,19,21,23H,7H2,1-3H3. The van der Waals surface area contributed by atoms with Gasteiger partial charge in [-0.15, -0.1) is 5.10 Å². The van der Waals surface area contributed by atoms with Crippen LogP contribution < -0.4 is 5.43 Å². The van der Waals surface area contributed by atoms with Crippen LogP contribution in [0.25, 0.3) is 0 Å². The van der Waals surface area contributed by atoms with Crippen molar-refractivity contribution in [3.05, 3.63) is 56.8 Å². The van der Waals surface area contributed by atoms with E-state index in [1.807, 2.05) is 38.1 Å². The molecule has 0 radical (unpaired) electrons. The fourth-order valence-corrected chi connectivity index (χ4v) is 3.81. The van der Waals surface area contributed by atoms with Crippen molar-refractivity contribution < 1.29 is 9.53 Å². The first-order valence-corrected chi connectivity index (χ1v) is 9.24. The van der Waals surface area contributed by atoms with Gasteiger partial charge in [-0.25, -0.2) is 0 Å². The van der Waals surface area contributed by atoms with Gasteiger partial charge in [0.05, 0.1) is 5.69 Å². The maximum absolute atomic E-state index is 13.0. The van der Waals surface area contributed by atoms with Crippen LogP contribution in [0.1, 0.15) is 52.4 Å². The van der Waals surface area contributed by atoms with Crippen LogP contribution >= 0.6 is 15.9 Å². The number of halogens is 1. The molecule has 2 N–H and O–H groups in total. The molecule has 0 bridgehead atoms. The summed E-state index contributed by atoms with van der Waals surface area (Å²) in [5, 5.41) is 4.33. The third kappa shape index (κ3) is 2.88. The number of ether oxygens (including phenoxy) is 1. The first-order chi connectivity index (χ1) is 12.0. The number of benzene rings is 1. The molecule has 0 spiro atoms. The number of nitrogens with zero attached hydrogens (tertiary/aromatic N) is 1. The summed E-state index contributed by atoms with van der Waals surface area (Å²) in [6.07, 6.45) is 0.772. The molecule has 6 heteroatoms. The quantitative estimate of drug-likeness (QED) is 0.753. The largest absolute Gasteiger partial charge is 0.448 e. The van der Waals surface area contributed by atoms with Gasteiger partial charge in [0, 0.05) is 27.2 Å². The number of ketones is 1. The monoisotopic (exact) mass is 401 g/mol. The topological polar surface area (TPSA) is 66.5 Å². The molecule has 0 saturated heterocycles. The number of hydrogen-bond donors (Lipinski definition) is 2. The minimum atomic E-state index is -0.356. The lowest BCUT2D eigenvalue weighted by Gasteiger charge is -2.11. The Morgan fingerprint density at radius 3 is 2.80 bits per heavy atom. The Morgan fingerprint density at radius 2 is 2.12 bits per heavy atom. The lowest BCUT2D eigenvalue weighted by Crippen LogP contribution is -2.15. The minimum Gasteiger partial charge on any atom is -0.448 e. The highest BCUT2D eigenvalue weighted by atomic mass is 79.9. The molecule has 25 heavy (non-hydrogen) atoms. The van der Waals surface area contributed by atoms with Crippen LogP contribution in [0, 0.1) is 25.7 Å². The van der Waals surface area contributed by atoms with E-state index >= 15 is 0 Å². The van der Waals surface area contributed by atoms with Crippen LogP contribution in [-0.4, -0.2) is 16.7 Å². The summed E-state index contributed by atoms with van der Waals surface area (Å²) < 4.78 is 6.87. The Hall–Kier alpha value is -2.08. The van der Waals surface area contributed by atoms with Crippen LogP contribution in [0.3, 0.4) is 0 Å². The molecule has 2 aromatic rings. The first kappa shape index (κ1) is 16.4. The minimum absolute atomic E-state index is 0.00811. The third-order valence-corrected chi connectivity index (χ3v) is 5.50. The molecule has 4 rings (SSSR count). The van der Waals surface area contributed by atoms with E-state index in [4.69, 9.17) is 4.74 Å². The lowest BCUT2D eigenvalue weighted by atomic mass is 9.99. The average Bonchev–Trinajstić information content (AvgIpc) is 3.00. The second kappa shape index (κ2) is 6.02. The molecule has 1 aliphatic heterocycles. The zero-order valence-electron chi connectivity index (χ0n) is 14.4.